The molecule has 1 fully saturated rings. The first kappa shape index (κ1) is 14.8. The summed E-state index contributed by atoms with van der Waals surface area (Å²) < 4.78 is 22.7. The Hall–Kier alpha value is -0.590. The van der Waals surface area contributed by atoms with Gasteiger partial charge in [0.25, 0.3) is 15.0 Å². The van der Waals surface area contributed by atoms with Gasteiger partial charge in [-0.15, -0.1) is 11.3 Å². The van der Waals surface area contributed by atoms with E-state index < -0.39 is 9.05 Å². The summed E-state index contributed by atoms with van der Waals surface area (Å²) in [6.45, 7) is 3.67. The Labute approximate surface area is 121 Å². The maximum atomic E-state index is 12.2. The van der Waals surface area contributed by atoms with Crippen LogP contribution < -0.4 is 5.32 Å². The number of thiophene rings is 1. The number of hydrogen-bond donors (Lipinski definition) is 1. The Kier molecular flexibility index (Phi) is 3.95. The molecule has 0 radical (unpaired) electrons. The van der Waals surface area contributed by atoms with Crippen LogP contribution in [0, 0.1) is 6.92 Å². The quantitative estimate of drug-likeness (QED) is 0.870. The minimum absolute atomic E-state index is 0.0286. The molecule has 0 saturated heterocycles. The number of amides is 1. The van der Waals surface area contributed by atoms with Gasteiger partial charge in [-0.25, -0.2) is 8.42 Å². The lowest BCUT2D eigenvalue weighted by Gasteiger charge is -2.24. The van der Waals surface area contributed by atoms with Gasteiger partial charge in [0.15, 0.2) is 0 Å². The number of carbonyl (C=O) groups is 1. The molecule has 1 saturated carbocycles. The highest BCUT2D eigenvalue weighted by molar-refractivity contribution is 8.13. The van der Waals surface area contributed by atoms with Gasteiger partial charge in [-0.1, -0.05) is 12.8 Å². The summed E-state index contributed by atoms with van der Waals surface area (Å²) in [4.78, 5) is 13.1. The van der Waals surface area contributed by atoms with Crippen LogP contribution in [-0.4, -0.2) is 19.9 Å². The zero-order valence-corrected chi connectivity index (χ0v) is 13.2. The van der Waals surface area contributed by atoms with Gasteiger partial charge in [0.05, 0.1) is 9.77 Å². The summed E-state index contributed by atoms with van der Waals surface area (Å²) in [6.07, 6.45) is 4.15. The average Bonchev–Trinajstić information content (AvgIpc) is 2.84. The van der Waals surface area contributed by atoms with E-state index in [0.29, 0.717) is 9.75 Å². The molecule has 0 aromatic carbocycles. The van der Waals surface area contributed by atoms with Crippen LogP contribution in [0.15, 0.2) is 11.0 Å². The van der Waals surface area contributed by atoms with Crippen LogP contribution in [0.4, 0.5) is 0 Å². The Balaban J connectivity index is 2.21. The molecular formula is C12H16ClNO3S2. The van der Waals surface area contributed by atoms with E-state index in [1.165, 1.54) is 6.07 Å². The molecule has 0 bridgehead atoms. The van der Waals surface area contributed by atoms with Crippen LogP contribution in [0.1, 0.15) is 47.2 Å². The van der Waals surface area contributed by atoms with Crippen molar-refractivity contribution in [3.05, 3.63) is 15.8 Å². The van der Waals surface area contributed by atoms with Gasteiger partial charge in [0.2, 0.25) is 0 Å². The molecule has 1 N–H and O–H groups in total. The van der Waals surface area contributed by atoms with Crippen molar-refractivity contribution in [3.8, 4) is 0 Å². The van der Waals surface area contributed by atoms with Gasteiger partial charge >= 0.3 is 0 Å². The van der Waals surface area contributed by atoms with Crippen molar-refractivity contribution < 1.29 is 13.2 Å². The Morgan fingerprint density at radius 3 is 2.47 bits per heavy atom. The average molecular weight is 322 g/mol. The predicted octanol–water partition coefficient (Wildman–Crippen LogP) is 3.05. The van der Waals surface area contributed by atoms with Gasteiger partial charge in [-0.2, -0.15) is 0 Å². The van der Waals surface area contributed by atoms with E-state index in [1.807, 2.05) is 6.92 Å². The third-order valence-corrected chi connectivity index (χ3v) is 6.11. The van der Waals surface area contributed by atoms with Crippen molar-refractivity contribution in [1.29, 1.82) is 0 Å². The second-order valence-corrected chi connectivity index (χ2v) is 8.98. The van der Waals surface area contributed by atoms with E-state index in [-0.39, 0.29) is 16.3 Å². The first-order chi connectivity index (χ1) is 8.71. The van der Waals surface area contributed by atoms with Crippen LogP contribution in [0.25, 0.3) is 0 Å². The Morgan fingerprint density at radius 1 is 1.42 bits per heavy atom. The zero-order chi connectivity index (χ0) is 14.3. The first-order valence-electron chi connectivity index (χ1n) is 6.09. The van der Waals surface area contributed by atoms with Crippen molar-refractivity contribution >= 4 is 37.0 Å². The van der Waals surface area contributed by atoms with Crippen LogP contribution in [0.2, 0.25) is 0 Å². The molecule has 1 heterocycles. The fraction of sp³-hybridized carbons (Fsp3) is 0.583. The van der Waals surface area contributed by atoms with Crippen molar-refractivity contribution in [2.45, 2.75) is 50.0 Å². The summed E-state index contributed by atoms with van der Waals surface area (Å²) in [5.74, 6) is -0.218. The van der Waals surface area contributed by atoms with E-state index in [0.717, 1.165) is 37.0 Å². The number of hydrogen-bond acceptors (Lipinski definition) is 4. The highest BCUT2D eigenvalue weighted by Gasteiger charge is 2.31. The Bertz CT molecular complexity index is 600. The molecule has 1 amide bonds. The number of rotatable bonds is 3. The maximum Gasteiger partial charge on any atom is 0.262 e. The number of halogens is 1. The molecule has 0 spiro atoms. The van der Waals surface area contributed by atoms with E-state index in [1.54, 1.807) is 6.92 Å². The molecule has 106 valence electrons. The maximum absolute atomic E-state index is 12.2. The third-order valence-electron chi connectivity index (χ3n) is 3.48. The normalized spacial score (nSPS) is 18.5. The molecule has 2 rings (SSSR count). The molecule has 1 aromatic heterocycles. The lowest BCUT2D eigenvalue weighted by Crippen LogP contribution is -2.43. The molecule has 1 aromatic rings. The highest BCUT2D eigenvalue weighted by atomic mass is 35.7. The summed E-state index contributed by atoms with van der Waals surface area (Å²) >= 11 is 1.16. The fourth-order valence-corrected chi connectivity index (χ4v) is 4.99. The topological polar surface area (TPSA) is 63.2 Å². The minimum atomic E-state index is -3.79. The second-order valence-electron chi connectivity index (χ2n) is 5.19. The molecule has 0 atom stereocenters. The first-order valence-corrected chi connectivity index (χ1v) is 9.21. The summed E-state index contributed by atoms with van der Waals surface area (Å²) in [5, 5.41) is 3.00. The minimum Gasteiger partial charge on any atom is -0.346 e. The molecule has 1 aliphatic carbocycles. The van der Waals surface area contributed by atoms with E-state index in [2.05, 4.69) is 5.32 Å². The van der Waals surface area contributed by atoms with E-state index in [9.17, 15) is 13.2 Å². The lowest BCUT2D eigenvalue weighted by atomic mass is 10.0. The number of carbonyl (C=O) groups excluding carboxylic acids is 1. The molecule has 7 heteroatoms. The predicted molar refractivity (Wildman–Crippen MR) is 76.4 cm³/mol. The van der Waals surface area contributed by atoms with Crippen LogP contribution in [0.3, 0.4) is 0 Å². The van der Waals surface area contributed by atoms with Gasteiger partial charge in [-0.3, -0.25) is 4.79 Å². The van der Waals surface area contributed by atoms with Crippen molar-refractivity contribution in [1.82, 2.24) is 5.32 Å². The largest absolute Gasteiger partial charge is 0.346 e. The molecule has 4 nitrogen and oxygen atoms in total. The number of aryl methyl sites for hydroxylation is 1. The lowest BCUT2D eigenvalue weighted by molar-refractivity contribution is 0.0912. The van der Waals surface area contributed by atoms with E-state index in [4.69, 9.17) is 10.7 Å². The summed E-state index contributed by atoms with van der Waals surface area (Å²) in [5.41, 5.74) is -0.172. The van der Waals surface area contributed by atoms with Crippen LogP contribution >= 0.6 is 22.0 Å². The van der Waals surface area contributed by atoms with Crippen molar-refractivity contribution in [3.63, 3.8) is 0 Å². The van der Waals surface area contributed by atoms with Crippen molar-refractivity contribution in [2.24, 2.45) is 0 Å². The monoisotopic (exact) mass is 321 g/mol. The molecule has 0 unspecified atom stereocenters. The van der Waals surface area contributed by atoms with Crippen LogP contribution in [-0.2, 0) is 9.05 Å². The third kappa shape index (κ3) is 3.30. The van der Waals surface area contributed by atoms with E-state index >= 15 is 0 Å². The SMILES string of the molecule is Cc1sc(C(=O)NC2(C)CCCC2)cc1S(=O)(=O)Cl. The van der Waals surface area contributed by atoms with Crippen molar-refractivity contribution in [2.75, 3.05) is 0 Å². The standard InChI is InChI=1S/C12H16ClNO3S2/c1-8-10(19(13,16)17)7-9(18-8)11(15)14-12(2)5-3-4-6-12/h7H,3-6H2,1-2H3,(H,14,15). The molecular weight excluding hydrogens is 306 g/mol. The number of nitrogens with one attached hydrogen (secondary N) is 1. The van der Waals surface area contributed by atoms with Crippen LogP contribution in [0.5, 0.6) is 0 Å². The molecule has 0 aliphatic heterocycles. The summed E-state index contributed by atoms with van der Waals surface area (Å²) in [7, 11) is 1.54. The van der Waals surface area contributed by atoms with Gasteiger partial charge in [0, 0.05) is 21.1 Å². The highest BCUT2D eigenvalue weighted by Crippen LogP contribution is 2.31. The van der Waals surface area contributed by atoms with Gasteiger partial charge in [0.1, 0.15) is 0 Å². The van der Waals surface area contributed by atoms with Gasteiger partial charge in [-0.05, 0) is 32.8 Å². The smallest absolute Gasteiger partial charge is 0.262 e. The Morgan fingerprint density at radius 2 is 2.00 bits per heavy atom. The zero-order valence-electron chi connectivity index (χ0n) is 10.8. The molecule has 1 aliphatic rings. The summed E-state index contributed by atoms with van der Waals surface area (Å²) in [6, 6.07) is 1.36. The molecule has 19 heavy (non-hydrogen) atoms. The second kappa shape index (κ2) is 5.07. The fourth-order valence-electron chi connectivity index (χ4n) is 2.44. The van der Waals surface area contributed by atoms with Gasteiger partial charge < -0.3 is 5.32 Å².